The number of carbonyl (C=O) groups excluding carboxylic acids is 3. The number of para-hydroxylation sites is 1. The maximum Gasteiger partial charge on any atom is 0.326 e. The zero-order valence-electron chi connectivity index (χ0n) is 15.9. The SMILES string of the molecule is COc1ccccc1C(=O)NCC(=O)O[C@@H](C)C(=O)c1ccc(C)c(C)c1. The Bertz CT molecular complexity index is 859. The van der Waals surface area contributed by atoms with Crippen molar-refractivity contribution < 1.29 is 23.9 Å². The molecule has 0 aliphatic rings. The average molecular weight is 369 g/mol. The molecule has 0 bridgehead atoms. The number of ketones is 1. The Morgan fingerprint density at radius 2 is 1.74 bits per heavy atom. The van der Waals surface area contributed by atoms with E-state index in [2.05, 4.69) is 5.32 Å². The van der Waals surface area contributed by atoms with Crippen molar-refractivity contribution in [1.82, 2.24) is 5.32 Å². The van der Waals surface area contributed by atoms with Crippen molar-refractivity contribution in [3.63, 3.8) is 0 Å². The van der Waals surface area contributed by atoms with Crippen LogP contribution in [0.3, 0.4) is 0 Å². The van der Waals surface area contributed by atoms with Crippen LogP contribution >= 0.6 is 0 Å². The zero-order valence-corrected chi connectivity index (χ0v) is 15.9. The summed E-state index contributed by atoms with van der Waals surface area (Å²) in [6.45, 7) is 5.03. The van der Waals surface area contributed by atoms with E-state index in [0.717, 1.165) is 11.1 Å². The van der Waals surface area contributed by atoms with Gasteiger partial charge in [0.1, 0.15) is 12.3 Å². The van der Waals surface area contributed by atoms with Crippen molar-refractivity contribution in [3.8, 4) is 5.75 Å². The van der Waals surface area contributed by atoms with Gasteiger partial charge in [0, 0.05) is 5.56 Å². The molecule has 1 amide bonds. The highest BCUT2D eigenvalue weighted by Gasteiger charge is 2.20. The first-order valence-corrected chi connectivity index (χ1v) is 8.55. The maximum absolute atomic E-state index is 12.4. The Labute approximate surface area is 158 Å². The topological polar surface area (TPSA) is 81.7 Å². The summed E-state index contributed by atoms with van der Waals surface area (Å²) in [5.74, 6) is -1.04. The number of aryl methyl sites for hydroxylation is 2. The molecular weight excluding hydrogens is 346 g/mol. The Morgan fingerprint density at radius 1 is 1.04 bits per heavy atom. The second-order valence-corrected chi connectivity index (χ2v) is 6.18. The van der Waals surface area contributed by atoms with Crippen LogP contribution in [-0.2, 0) is 9.53 Å². The van der Waals surface area contributed by atoms with Crippen molar-refractivity contribution in [2.45, 2.75) is 26.9 Å². The average Bonchev–Trinajstić information content (AvgIpc) is 2.67. The Morgan fingerprint density at radius 3 is 2.41 bits per heavy atom. The van der Waals surface area contributed by atoms with Crippen molar-refractivity contribution in [3.05, 3.63) is 64.7 Å². The Kier molecular flexibility index (Phi) is 6.71. The summed E-state index contributed by atoms with van der Waals surface area (Å²) in [4.78, 5) is 36.6. The molecule has 1 N–H and O–H groups in total. The second-order valence-electron chi connectivity index (χ2n) is 6.18. The summed E-state index contributed by atoms with van der Waals surface area (Å²) in [6, 6.07) is 12.0. The maximum atomic E-state index is 12.4. The molecule has 2 rings (SSSR count). The van der Waals surface area contributed by atoms with E-state index in [1.165, 1.54) is 14.0 Å². The van der Waals surface area contributed by atoms with E-state index < -0.39 is 18.0 Å². The van der Waals surface area contributed by atoms with Gasteiger partial charge >= 0.3 is 5.97 Å². The lowest BCUT2D eigenvalue weighted by Crippen LogP contribution is -2.34. The summed E-state index contributed by atoms with van der Waals surface area (Å²) < 4.78 is 10.3. The summed E-state index contributed by atoms with van der Waals surface area (Å²) in [5.41, 5.74) is 2.86. The number of esters is 1. The van der Waals surface area contributed by atoms with Crippen LogP contribution in [0.1, 0.15) is 38.8 Å². The van der Waals surface area contributed by atoms with Gasteiger partial charge in [0.05, 0.1) is 12.7 Å². The molecule has 0 aromatic heterocycles. The molecule has 6 heteroatoms. The van der Waals surface area contributed by atoms with Gasteiger partial charge in [-0.15, -0.1) is 0 Å². The number of methoxy groups -OCH3 is 1. The smallest absolute Gasteiger partial charge is 0.326 e. The summed E-state index contributed by atoms with van der Waals surface area (Å²) >= 11 is 0. The molecular formula is C21H23NO5. The van der Waals surface area contributed by atoms with Crippen LogP contribution in [0.15, 0.2) is 42.5 Å². The van der Waals surface area contributed by atoms with E-state index >= 15 is 0 Å². The molecule has 0 aliphatic heterocycles. The number of benzene rings is 2. The largest absolute Gasteiger partial charge is 0.496 e. The van der Waals surface area contributed by atoms with Crippen LogP contribution in [0.25, 0.3) is 0 Å². The summed E-state index contributed by atoms with van der Waals surface area (Å²) in [7, 11) is 1.46. The van der Waals surface area contributed by atoms with Crippen LogP contribution in [0.2, 0.25) is 0 Å². The normalized spacial score (nSPS) is 11.4. The van der Waals surface area contributed by atoms with Crippen molar-refractivity contribution in [2.75, 3.05) is 13.7 Å². The van der Waals surface area contributed by atoms with Crippen molar-refractivity contribution in [1.29, 1.82) is 0 Å². The number of Topliss-reactive ketones (excluding diaryl/α,β-unsaturated/α-hetero) is 1. The van der Waals surface area contributed by atoms with E-state index in [1.807, 2.05) is 19.9 Å². The van der Waals surface area contributed by atoms with Gasteiger partial charge in [-0.25, -0.2) is 0 Å². The van der Waals surface area contributed by atoms with E-state index in [4.69, 9.17) is 9.47 Å². The highest BCUT2D eigenvalue weighted by molar-refractivity contribution is 6.01. The third-order valence-electron chi connectivity index (χ3n) is 4.21. The Hall–Kier alpha value is -3.15. The van der Waals surface area contributed by atoms with Gasteiger partial charge in [0.25, 0.3) is 5.91 Å². The first-order valence-electron chi connectivity index (χ1n) is 8.55. The number of rotatable bonds is 7. The number of hydrogen-bond acceptors (Lipinski definition) is 5. The third-order valence-corrected chi connectivity index (χ3v) is 4.21. The molecule has 0 spiro atoms. The lowest BCUT2D eigenvalue weighted by Gasteiger charge is -2.14. The minimum atomic E-state index is -0.942. The number of ether oxygens (including phenoxy) is 2. The van der Waals surface area contributed by atoms with Gasteiger partial charge in [-0.1, -0.05) is 24.3 Å². The van der Waals surface area contributed by atoms with E-state index in [0.29, 0.717) is 16.9 Å². The predicted molar refractivity (Wildman–Crippen MR) is 101 cm³/mol. The minimum absolute atomic E-state index is 0.289. The van der Waals surface area contributed by atoms with Crippen LogP contribution in [0.5, 0.6) is 5.75 Å². The minimum Gasteiger partial charge on any atom is -0.496 e. The fourth-order valence-corrected chi connectivity index (χ4v) is 2.50. The third kappa shape index (κ3) is 5.17. The number of carbonyl (C=O) groups is 3. The van der Waals surface area contributed by atoms with Gasteiger partial charge < -0.3 is 14.8 Å². The highest BCUT2D eigenvalue weighted by atomic mass is 16.5. The molecule has 2 aromatic rings. The number of nitrogens with one attached hydrogen (secondary N) is 1. The second kappa shape index (κ2) is 8.98. The fourth-order valence-electron chi connectivity index (χ4n) is 2.50. The van der Waals surface area contributed by atoms with Gasteiger partial charge in [-0.3, -0.25) is 14.4 Å². The molecule has 1 atom stereocenters. The van der Waals surface area contributed by atoms with Crippen LogP contribution in [0.4, 0.5) is 0 Å². The molecule has 27 heavy (non-hydrogen) atoms. The molecule has 0 heterocycles. The molecule has 2 aromatic carbocycles. The standard InChI is InChI=1S/C21H23NO5/c1-13-9-10-16(11-14(13)2)20(24)15(3)27-19(23)12-22-21(25)17-7-5-6-8-18(17)26-4/h5-11,15H,12H2,1-4H3,(H,22,25)/t15-/m0/s1. The first kappa shape index (κ1) is 20.2. The van der Waals surface area contributed by atoms with E-state index in [1.54, 1.807) is 36.4 Å². The summed E-state index contributed by atoms with van der Waals surface area (Å²) in [5, 5.41) is 2.47. The molecule has 0 fully saturated rings. The quantitative estimate of drug-likeness (QED) is 0.599. The van der Waals surface area contributed by atoms with Crippen LogP contribution < -0.4 is 10.1 Å². The Balaban J connectivity index is 1.91. The predicted octanol–water partition coefficient (Wildman–Crippen LogP) is 2.86. The van der Waals surface area contributed by atoms with E-state index in [9.17, 15) is 14.4 Å². The lowest BCUT2D eigenvalue weighted by molar-refractivity contribution is -0.145. The monoisotopic (exact) mass is 369 g/mol. The van der Waals surface area contributed by atoms with Crippen LogP contribution in [-0.4, -0.2) is 37.4 Å². The molecule has 142 valence electrons. The fraction of sp³-hybridized carbons (Fsp3) is 0.286. The van der Waals surface area contributed by atoms with E-state index in [-0.39, 0.29) is 12.3 Å². The number of amides is 1. The van der Waals surface area contributed by atoms with Gasteiger partial charge in [0.15, 0.2) is 6.10 Å². The van der Waals surface area contributed by atoms with Crippen LogP contribution in [0, 0.1) is 13.8 Å². The highest BCUT2D eigenvalue weighted by Crippen LogP contribution is 2.17. The van der Waals surface area contributed by atoms with Crippen molar-refractivity contribution >= 4 is 17.7 Å². The van der Waals surface area contributed by atoms with Gasteiger partial charge in [-0.2, -0.15) is 0 Å². The lowest BCUT2D eigenvalue weighted by atomic mass is 10.0. The molecule has 0 radical (unpaired) electrons. The first-order chi connectivity index (χ1) is 12.8. The van der Waals surface area contributed by atoms with Crippen molar-refractivity contribution in [2.24, 2.45) is 0 Å². The molecule has 0 saturated heterocycles. The van der Waals surface area contributed by atoms with Gasteiger partial charge in [0.2, 0.25) is 5.78 Å². The molecule has 0 unspecified atom stereocenters. The zero-order chi connectivity index (χ0) is 20.0. The van der Waals surface area contributed by atoms with Gasteiger partial charge in [-0.05, 0) is 50.1 Å². The molecule has 0 saturated carbocycles. The number of hydrogen-bond donors (Lipinski definition) is 1. The molecule has 0 aliphatic carbocycles. The summed E-state index contributed by atoms with van der Waals surface area (Å²) in [6.07, 6.45) is -0.942. The molecule has 6 nitrogen and oxygen atoms in total.